The fourth-order valence-electron chi connectivity index (χ4n) is 4.69. The molecule has 4 heteroatoms. The van der Waals surface area contributed by atoms with E-state index in [1.807, 2.05) is 12.1 Å². The molecule has 23 heavy (non-hydrogen) atoms. The monoisotopic (exact) mass is 312 g/mol. The highest BCUT2D eigenvalue weighted by Crippen LogP contribution is 2.65. The molecule has 3 aliphatic carbocycles. The molecule has 0 unspecified atom stereocenters. The summed E-state index contributed by atoms with van der Waals surface area (Å²) in [4.78, 5) is 25.2. The smallest absolute Gasteiger partial charge is 0.320 e. The maximum Gasteiger partial charge on any atom is 0.320 e. The van der Waals surface area contributed by atoms with Gasteiger partial charge in [0.25, 0.3) is 0 Å². The molecule has 1 spiro atoms. The molecule has 0 radical (unpaired) electrons. The van der Waals surface area contributed by atoms with Gasteiger partial charge in [-0.25, -0.2) is 0 Å². The first-order valence-electron chi connectivity index (χ1n) is 8.16. The quantitative estimate of drug-likeness (QED) is 0.636. The lowest BCUT2D eigenvalue weighted by atomic mass is 9.68. The zero-order valence-corrected chi connectivity index (χ0v) is 13.5. The standard InChI is InChI=1S/C19H20O4/c1-3-23-17(21)19-7-6-18(11-19)10-12-8-13(22-2)4-5-14(12)15(18)9-16(19)20/h4-5,8-9H,3,6-7,10-11H2,1-2H3/t18-,19+/m1/s1. The van der Waals surface area contributed by atoms with Crippen molar-refractivity contribution in [2.75, 3.05) is 13.7 Å². The van der Waals surface area contributed by atoms with E-state index in [-0.39, 0.29) is 17.2 Å². The number of carbonyl (C=O) groups excluding carboxylic acids is 2. The second-order valence-corrected chi connectivity index (χ2v) is 6.88. The van der Waals surface area contributed by atoms with Crippen LogP contribution in [-0.4, -0.2) is 25.5 Å². The van der Waals surface area contributed by atoms with E-state index in [0.717, 1.165) is 29.7 Å². The summed E-state index contributed by atoms with van der Waals surface area (Å²) in [6.45, 7) is 2.10. The number of benzene rings is 1. The van der Waals surface area contributed by atoms with Crippen molar-refractivity contribution in [3.8, 4) is 5.75 Å². The first-order chi connectivity index (χ1) is 11.0. The van der Waals surface area contributed by atoms with E-state index in [2.05, 4.69) is 6.07 Å². The predicted molar refractivity (Wildman–Crippen MR) is 85.0 cm³/mol. The Morgan fingerprint density at radius 2 is 2.13 bits per heavy atom. The van der Waals surface area contributed by atoms with E-state index in [1.54, 1.807) is 20.1 Å². The third-order valence-electron chi connectivity index (χ3n) is 5.79. The van der Waals surface area contributed by atoms with Crippen LogP contribution in [0.5, 0.6) is 5.75 Å². The van der Waals surface area contributed by atoms with E-state index in [4.69, 9.17) is 9.47 Å². The van der Waals surface area contributed by atoms with Crippen LogP contribution in [0.15, 0.2) is 24.3 Å². The second kappa shape index (κ2) is 4.70. The van der Waals surface area contributed by atoms with Gasteiger partial charge in [0.15, 0.2) is 5.78 Å². The van der Waals surface area contributed by atoms with Crippen LogP contribution in [-0.2, 0) is 20.7 Å². The number of carbonyl (C=O) groups is 2. The number of fused-ring (bicyclic) bond motifs is 3. The summed E-state index contributed by atoms with van der Waals surface area (Å²) in [5.74, 6) is 0.411. The Labute approximate surface area is 135 Å². The van der Waals surface area contributed by atoms with E-state index >= 15 is 0 Å². The molecule has 4 nitrogen and oxygen atoms in total. The summed E-state index contributed by atoms with van der Waals surface area (Å²) in [5.41, 5.74) is 2.42. The van der Waals surface area contributed by atoms with Crippen LogP contribution in [0.4, 0.5) is 0 Å². The first kappa shape index (κ1) is 14.5. The van der Waals surface area contributed by atoms with Crippen molar-refractivity contribution in [2.45, 2.75) is 32.6 Å². The van der Waals surface area contributed by atoms with Crippen LogP contribution in [0.2, 0.25) is 0 Å². The fraction of sp³-hybridized carbons (Fsp3) is 0.474. The van der Waals surface area contributed by atoms with Gasteiger partial charge in [-0.1, -0.05) is 6.07 Å². The summed E-state index contributed by atoms with van der Waals surface area (Å²) in [6, 6.07) is 6.03. The Bertz CT molecular complexity index is 748. The summed E-state index contributed by atoms with van der Waals surface area (Å²) in [6.07, 6.45) is 4.63. The normalized spacial score (nSPS) is 30.5. The van der Waals surface area contributed by atoms with Crippen molar-refractivity contribution in [1.82, 2.24) is 0 Å². The SMILES string of the molecule is CCOC(=O)[C@]12CC[C@@]3(Cc4cc(OC)ccc4C3=CC1=O)C2. The Balaban J connectivity index is 1.79. The molecule has 0 amide bonds. The molecule has 0 aromatic heterocycles. The van der Waals surface area contributed by atoms with Crippen molar-refractivity contribution in [1.29, 1.82) is 0 Å². The van der Waals surface area contributed by atoms with Gasteiger partial charge >= 0.3 is 5.97 Å². The van der Waals surface area contributed by atoms with E-state index < -0.39 is 5.41 Å². The number of hydrogen-bond acceptors (Lipinski definition) is 4. The molecule has 1 aromatic carbocycles. The minimum absolute atomic E-state index is 0.0808. The van der Waals surface area contributed by atoms with Gasteiger partial charge in [0.05, 0.1) is 13.7 Å². The van der Waals surface area contributed by atoms with Crippen LogP contribution >= 0.6 is 0 Å². The minimum Gasteiger partial charge on any atom is -0.497 e. The summed E-state index contributed by atoms with van der Waals surface area (Å²) in [5, 5.41) is 0. The van der Waals surface area contributed by atoms with Gasteiger partial charge in [-0.3, -0.25) is 9.59 Å². The molecule has 0 heterocycles. The van der Waals surface area contributed by atoms with Crippen LogP contribution in [0, 0.1) is 10.8 Å². The van der Waals surface area contributed by atoms with Gasteiger partial charge in [0.1, 0.15) is 11.2 Å². The molecule has 0 aliphatic heterocycles. The number of rotatable bonds is 3. The Kier molecular flexibility index (Phi) is 2.96. The Morgan fingerprint density at radius 3 is 2.87 bits per heavy atom. The van der Waals surface area contributed by atoms with Gasteiger partial charge < -0.3 is 9.47 Å². The van der Waals surface area contributed by atoms with Crippen molar-refractivity contribution in [3.05, 3.63) is 35.4 Å². The molecule has 3 aliphatic rings. The van der Waals surface area contributed by atoms with E-state index in [0.29, 0.717) is 19.4 Å². The molecule has 120 valence electrons. The number of hydrogen-bond donors (Lipinski definition) is 0. The van der Waals surface area contributed by atoms with Gasteiger partial charge in [0, 0.05) is 5.41 Å². The zero-order chi connectivity index (χ0) is 16.2. The highest BCUT2D eigenvalue weighted by Gasteiger charge is 2.62. The average Bonchev–Trinajstić information content (AvgIpc) is 3.05. The van der Waals surface area contributed by atoms with Crippen LogP contribution < -0.4 is 4.74 Å². The first-order valence-corrected chi connectivity index (χ1v) is 8.16. The fourth-order valence-corrected chi connectivity index (χ4v) is 4.69. The molecule has 1 fully saturated rings. The molecule has 4 rings (SSSR count). The summed E-state index contributed by atoms with van der Waals surface area (Å²) >= 11 is 0. The van der Waals surface area contributed by atoms with Crippen LogP contribution in [0.25, 0.3) is 5.57 Å². The highest BCUT2D eigenvalue weighted by atomic mass is 16.5. The number of ketones is 1. The molecule has 2 atom stereocenters. The van der Waals surface area contributed by atoms with Gasteiger partial charge in [-0.15, -0.1) is 0 Å². The van der Waals surface area contributed by atoms with Crippen LogP contribution in [0.1, 0.15) is 37.3 Å². The lowest BCUT2D eigenvalue weighted by Crippen LogP contribution is -2.41. The lowest BCUT2D eigenvalue weighted by Gasteiger charge is -2.33. The van der Waals surface area contributed by atoms with Gasteiger partial charge in [0.2, 0.25) is 0 Å². The van der Waals surface area contributed by atoms with Crippen molar-refractivity contribution in [2.24, 2.45) is 10.8 Å². The van der Waals surface area contributed by atoms with Gasteiger partial charge in [-0.05, 0) is 67.5 Å². The topological polar surface area (TPSA) is 52.6 Å². The number of esters is 1. The molecule has 0 N–H and O–H groups in total. The lowest BCUT2D eigenvalue weighted by molar-refractivity contribution is -0.159. The molecule has 1 aromatic rings. The molecular formula is C19H20O4. The minimum atomic E-state index is -0.953. The predicted octanol–water partition coefficient (Wildman–Crippen LogP) is 2.94. The molecule has 1 saturated carbocycles. The van der Waals surface area contributed by atoms with E-state index in [1.165, 1.54) is 5.56 Å². The molecule has 2 bridgehead atoms. The summed E-state index contributed by atoms with van der Waals surface area (Å²) < 4.78 is 10.5. The van der Waals surface area contributed by atoms with Crippen molar-refractivity contribution in [3.63, 3.8) is 0 Å². The molecule has 0 saturated heterocycles. The van der Waals surface area contributed by atoms with Crippen molar-refractivity contribution >= 4 is 17.3 Å². The number of methoxy groups -OCH3 is 1. The second-order valence-electron chi connectivity index (χ2n) is 6.88. The Hall–Kier alpha value is -2.10. The maximum absolute atomic E-state index is 12.8. The van der Waals surface area contributed by atoms with E-state index in [9.17, 15) is 9.59 Å². The average molecular weight is 312 g/mol. The van der Waals surface area contributed by atoms with Gasteiger partial charge in [-0.2, -0.15) is 0 Å². The van der Waals surface area contributed by atoms with Crippen LogP contribution in [0.3, 0.4) is 0 Å². The highest BCUT2D eigenvalue weighted by molar-refractivity contribution is 6.15. The van der Waals surface area contributed by atoms with Crippen molar-refractivity contribution < 1.29 is 19.1 Å². The molecular weight excluding hydrogens is 292 g/mol. The zero-order valence-electron chi connectivity index (χ0n) is 13.5. The third-order valence-corrected chi connectivity index (χ3v) is 5.79. The Morgan fingerprint density at radius 1 is 1.30 bits per heavy atom. The number of allylic oxidation sites excluding steroid dienone is 2. The maximum atomic E-state index is 12.8. The summed E-state index contributed by atoms with van der Waals surface area (Å²) in [7, 11) is 1.66. The third kappa shape index (κ3) is 1.78. The largest absolute Gasteiger partial charge is 0.497 e. The number of ether oxygens (including phenoxy) is 2.